The van der Waals surface area contributed by atoms with Crippen molar-refractivity contribution in [3.05, 3.63) is 66.4 Å². The van der Waals surface area contributed by atoms with Crippen molar-refractivity contribution in [3.63, 3.8) is 0 Å². The van der Waals surface area contributed by atoms with Crippen LogP contribution in [0.25, 0.3) is 10.9 Å². The number of nitrogens with zero attached hydrogens (tertiary/aromatic N) is 3. The van der Waals surface area contributed by atoms with Crippen LogP contribution in [0.4, 0.5) is 5.69 Å². The van der Waals surface area contributed by atoms with Gasteiger partial charge in [-0.25, -0.2) is 13.1 Å². The Balaban J connectivity index is 1.39. The molecule has 1 N–H and O–H groups in total. The van der Waals surface area contributed by atoms with Crippen LogP contribution in [0, 0.1) is 6.92 Å². The Bertz CT molecular complexity index is 1110. The van der Waals surface area contributed by atoms with Crippen molar-refractivity contribution in [2.75, 3.05) is 37.6 Å². The van der Waals surface area contributed by atoms with E-state index in [-0.39, 0.29) is 10.9 Å². The van der Waals surface area contributed by atoms with E-state index in [9.17, 15) is 8.42 Å². The van der Waals surface area contributed by atoms with Crippen LogP contribution in [0.1, 0.15) is 12.5 Å². The van der Waals surface area contributed by atoms with Crippen molar-refractivity contribution in [2.45, 2.75) is 24.8 Å². The van der Waals surface area contributed by atoms with Gasteiger partial charge in [-0.3, -0.25) is 9.88 Å². The van der Waals surface area contributed by atoms with Gasteiger partial charge in [0.2, 0.25) is 10.0 Å². The number of hydrogen-bond donors (Lipinski definition) is 1. The molecule has 1 aromatic heterocycles. The number of hydrogen-bond acceptors (Lipinski definition) is 5. The lowest BCUT2D eigenvalue weighted by molar-refractivity contribution is 0.198. The molecule has 2 aromatic carbocycles. The third kappa shape index (κ3) is 4.33. The van der Waals surface area contributed by atoms with E-state index in [1.54, 1.807) is 18.3 Å². The molecule has 1 aliphatic heterocycles. The Morgan fingerprint density at radius 3 is 2.47 bits per heavy atom. The molecular weight excluding hydrogens is 396 g/mol. The summed E-state index contributed by atoms with van der Waals surface area (Å²) in [6, 6.07) is 17.6. The van der Waals surface area contributed by atoms with E-state index in [1.165, 1.54) is 5.69 Å². The minimum atomic E-state index is -3.62. The Morgan fingerprint density at radius 2 is 1.73 bits per heavy atom. The highest BCUT2D eigenvalue weighted by molar-refractivity contribution is 7.89. The molecule has 158 valence electrons. The molecule has 0 amide bonds. The maximum absolute atomic E-state index is 13.0. The van der Waals surface area contributed by atoms with Gasteiger partial charge in [0, 0.05) is 56.0 Å². The van der Waals surface area contributed by atoms with E-state index < -0.39 is 10.0 Å². The van der Waals surface area contributed by atoms with E-state index in [4.69, 9.17) is 0 Å². The summed E-state index contributed by atoms with van der Waals surface area (Å²) in [5.74, 6) is 0. The fourth-order valence-electron chi connectivity index (χ4n) is 4.02. The van der Waals surface area contributed by atoms with Crippen molar-refractivity contribution in [1.82, 2.24) is 14.6 Å². The van der Waals surface area contributed by atoms with Crippen LogP contribution >= 0.6 is 0 Å². The molecule has 2 heterocycles. The van der Waals surface area contributed by atoms with Crippen molar-refractivity contribution in [1.29, 1.82) is 0 Å². The zero-order chi connectivity index (χ0) is 21.1. The number of rotatable bonds is 6. The Labute approximate surface area is 178 Å². The van der Waals surface area contributed by atoms with Gasteiger partial charge in [-0.1, -0.05) is 24.3 Å². The summed E-state index contributed by atoms with van der Waals surface area (Å²) >= 11 is 0. The van der Waals surface area contributed by atoms with Crippen molar-refractivity contribution < 1.29 is 8.42 Å². The maximum Gasteiger partial charge on any atom is 0.241 e. The second-order valence-electron chi connectivity index (χ2n) is 7.84. The molecule has 30 heavy (non-hydrogen) atoms. The number of piperazine rings is 1. The quantitative estimate of drug-likeness (QED) is 0.659. The number of fused-ring (bicyclic) bond motifs is 1. The number of aromatic nitrogens is 1. The number of benzene rings is 2. The number of anilines is 1. The normalized spacial score (nSPS) is 16.7. The monoisotopic (exact) mass is 424 g/mol. The smallest absolute Gasteiger partial charge is 0.241 e. The number of sulfonamides is 1. The summed E-state index contributed by atoms with van der Waals surface area (Å²) in [6.07, 6.45) is 1.69. The Kier molecular flexibility index (Phi) is 6.04. The van der Waals surface area contributed by atoms with Crippen LogP contribution < -0.4 is 9.62 Å². The van der Waals surface area contributed by atoms with Crippen LogP contribution in [0.3, 0.4) is 0 Å². The van der Waals surface area contributed by atoms with Crippen molar-refractivity contribution in [3.8, 4) is 0 Å². The van der Waals surface area contributed by atoms with Gasteiger partial charge < -0.3 is 4.90 Å². The molecule has 4 rings (SSSR count). The van der Waals surface area contributed by atoms with Crippen molar-refractivity contribution >= 4 is 26.6 Å². The first-order valence-corrected chi connectivity index (χ1v) is 11.8. The predicted molar refractivity (Wildman–Crippen MR) is 121 cm³/mol. The van der Waals surface area contributed by atoms with Gasteiger partial charge in [-0.15, -0.1) is 0 Å². The number of aryl methyl sites for hydroxylation is 1. The van der Waals surface area contributed by atoms with Crippen LogP contribution in [0.15, 0.2) is 65.7 Å². The molecule has 1 atom stereocenters. The lowest BCUT2D eigenvalue weighted by Gasteiger charge is -2.39. The molecule has 1 fully saturated rings. The van der Waals surface area contributed by atoms with Gasteiger partial charge in [0.1, 0.15) is 0 Å². The summed E-state index contributed by atoms with van der Waals surface area (Å²) in [6.45, 7) is 8.10. The SMILES string of the molecule is Cc1ccc(S(=O)(=O)NCC(C)N2CCN(c3ccccc3)CC2)c2cccnc12. The number of nitrogens with one attached hydrogen (secondary N) is 1. The molecule has 3 aromatic rings. The molecule has 7 heteroatoms. The molecule has 0 radical (unpaired) electrons. The Hall–Kier alpha value is -2.48. The highest BCUT2D eigenvalue weighted by Gasteiger charge is 2.24. The van der Waals surface area contributed by atoms with Crippen molar-refractivity contribution in [2.24, 2.45) is 0 Å². The van der Waals surface area contributed by atoms with E-state index in [0.29, 0.717) is 11.9 Å². The fourth-order valence-corrected chi connectivity index (χ4v) is 5.34. The molecule has 0 spiro atoms. The predicted octanol–water partition coefficient (Wildman–Crippen LogP) is 3.03. The third-order valence-corrected chi connectivity index (χ3v) is 7.33. The minimum Gasteiger partial charge on any atom is -0.369 e. The summed E-state index contributed by atoms with van der Waals surface area (Å²) in [5.41, 5.74) is 2.94. The van der Waals surface area contributed by atoms with E-state index in [2.05, 4.69) is 50.7 Å². The molecule has 6 nitrogen and oxygen atoms in total. The van der Waals surface area contributed by atoms with Crippen LogP contribution in [-0.4, -0.2) is 57.1 Å². The average Bonchev–Trinajstić information content (AvgIpc) is 2.78. The first-order chi connectivity index (χ1) is 14.5. The zero-order valence-electron chi connectivity index (χ0n) is 17.5. The second kappa shape index (κ2) is 8.71. The van der Waals surface area contributed by atoms with Gasteiger partial charge in [-0.05, 0) is 49.7 Å². The lowest BCUT2D eigenvalue weighted by atomic mass is 10.1. The van der Waals surface area contributed by atoms with Gasteiger partial charge in [0.05, 0.1) is 10.4 Å². The molecule has 0 bridgehead atoms. The van der Waals surface area contributed by atoms with E-state index >= 15 is 0 Å². The minimum absolute atomic E-state index is 0.118. The second-order valence-corrected chi connectivity index (χ2v) is 9.58. The summed E-state index contributed by atoms with van der Waals surface area (Å²) in [5, 5.41) is 0.661. The highest BCUT2D eigenvalue weighted by atomic mass is 32.2. The highest BCUT2D eigenvalue weighted by Crippen LogP contribution is 2.24. The molecule has 1 aliphatic rings. The largest absolute Gasteiger partial charge is 0.369 e. The molecule has 1 saturated heterocycles. The van der Waals surface area contributed by atoms with E-state index in [1.807, 2.05) is 25.1 Å². The Morgan fingerprint density at radius 1 is 1.00 bits per heavy atom. The van der Waals surface area contributed by atoms with Crippen LogP contribution in [0.2, 0.25) is 0 Å². The number of para-hydroxylation sites is 1. The molecule has 0 aliphatic carbocycles. The van der Waals surface area contributed by atoms with E-state index in [0.717, 1.165) is 37.3 Å². The zero-order valence-corrected chi connectivity index (χ0v) is 18.3. The first-order valence-electron chi connectivity index (χ1n) is 10.3. The average molecular weight is 425 g/mol. The third-order valence-electron chi connectivity index (χ3n) is 5.85. The van der Waals surface area contributed by atoms with Gasteiger partial charge in [-0.2, -0.15) is 0 Å². The summed E-state index contributed by atoms with van der Waals surface area (Å²) < 4.78 is 28.8. The fraction of sp³-hybridized carbons (Fsp3) is 0.348. The van der Waals surface area contributed by atoms with Crippen LogP contribution in [-0.2, 0) is 10.0 Å². The van der Waals surface area contributed by atoms with Gasteiger partial charge in [0.25, 0.3) is 0 Å². The standard InChI is InChI=1S/C23H28N4O2S/c1-18-10-11-22(21-9-6-12-24-23(18)21)30(28,29)25-17-19(2)26-13-15-27(16-14-26)20-7-4-3-5-8-20/h3-12,19,25H,13-17H2,1-2H3. The summed E-state index contributed by atoms with van der Waals surface area (Å²) in [4.78, 5) is 9.36. The lowest BCUT2D eigenvalue weighted by Crippen LogP contribution is -2.52. The molecule has 1 unspecified atom stereocenters. The first kappa shape index (κ1) is 20.8. The maximum atomic E-state index is 13.0. The summed E-state index contributed by atoms with van der Waals surface area (Å²) in [7, 11) is -3.62. The van der Waals surface area contributed by atoms with Crippen LogP contribution in [0.5, 0.6) is 0 Å². The van der Waals surface area contributed by atoms with Gasteiger partial charge in [0.15, 0.2) is 0 Å². The number of pyridine rings is 1. The molecular formula is C23H28N4O2S. The van der Waals surface area contributed by atoms with Gasteiger partial charge >= 0.3 is 0 Å². The molecule has 0 saturated carbocycles. The topological polar surface area (TPSA) is 65.5 Å².